The second-order valence-electron chi connectivity index (χ2n) is 9.91. The van der Waals surface area contributed by atoms with E-state index in [1.54, 1.807) is 18.2 Å². The van der Waals surface area contributed by atoms with Gasteiger partial charge in [0.1, 0.15) is 0 Å². The van der Waals surface area contributed by atoms with Gasteiger partial charge in [0.15, 0.2) is 0 Å². The van der Waals surface area contributed by atoms with Crippen molar-refractivity contribution < 1.29 is 14.3 Å². The normalized spacial score (nSPS) is 29.1. The minimum Gasteiger partial charge on any atom is -0.367 e. The molecule has 35 heavy (non-hydrogen) atoms. The molecular formula is C27H22ClN3O4. The highest BCUT2D eigenvalue weighted by atomic mass is 35.5. The van der Waals surface area contributed by atoms with E-state index in [0.29, 0.717) is 58.3 Å². The van der Waals surface area contributed by atoms with Gasteiger partial charge in [-0.05, 0) is 50.8 Å². The van der Waals surface area contributed by atoms with Gasteiger partial charge in [0, 0.05) is 22.5 Å². The molecule has 4 heterocycles. The fraction of sp³-hybridized carbons (Fsp3) is 0.333. The molecule has 7 nitrogen and oxygen atoms in total. The molecule has 1 aromatic heterocycles. The minimum absolute atomic E-state index is 0.222. The zero-order valence-corrected chi connectivity index (χ0v) is 19.8. The molecule has 176 valence electrons. The van der Waals surface area contributed by atoms with Crippen LogP contribution in [0.2, 0.25) is 5.02 Å². The Kier molecular flexibility index (Phi) is 4.73. The first-order valence-corrected chi connectivity index (χ1v) is 12.0. The number of nitriles is 1. The molecular weight excluding hydrogens is 466 g/mol. The van der Waals surface area contributed by atoms with Crippen LogP contribution in [0.3, 0.4) is 0 Å². The van der Waals surface area contributed by atoms with Crippen LogP contribution in [-0.4, -0.2) is 28.0 Å². The molecule has 3 fully saturated rings. The lowest BCUT2D eigenvalue weighted by atomic mass is 9.67. The van der Waals surface area contributed by atoms with Gasteiger partial charge < -0.3 is 9.72 Å². The number of H-pyrrole nitrogens is 1. The summed E-state index contributed by atoms with van der Waals surface area (Å²) in [5.41, 5.74) is -0.275. The van der Waals surface area contributed by atoms with Gasteiger partial charge in [-0.3, -0.25) is 14.4 Å². The number of amides is 2. The van der Waals surface area contributed by atoms with Gasteiger partial charge in [-0.25, -0.2) is 4.90 Å². The van der Waals surface area contributed by atoms with Crippen molar-refractivity contribution in [3.8, 4) is 6.07 Å². The van der Waals surface area contributed by atoms with E-state index < -0.39 is 23.0 Å². The van der Waals surface area contributed by atoms with Gasteiger partial charge in [-0.15, -0.1) is 0 Å². The van der Waals surface area contributed by atoms with Crippen LogP contribution in [0.4, 0.5) is 5.69 Å². The maximum atomic E-state index is 13.9. The number of aryl methyl sites for hydroxylation is 1. The number of halogens is 1. The molecule has 2 bridgehead atoms. The van der Waals surface area contributed by atoms with Crippen molar-refractivity contribution in [3.05, 3.63) is 75.2 Å². The van der Waals surface area contributed by atoms with E-state index in [1.165, 1.54) is 11.1 Å². The van der Waals surface area contributed by atoms with Gasteiger partial charge in [-0.2, -0.15) is 5.26 Å². The summed E-state index contributed by atoms with van der Waals surface area (Å²) in [4.78, 5) is 43.9. The van der Waals surface area contributed by atoms with E-state index in [4.69, 9.17) is 16.3 Å². The Hall–Kier alpha value is -3.47. The third-order valence-corrected chi connectivity index (χ3v) is 8.25. The lowest BCUT2D eigenvalue weighted by Crippen LogP contribution is -2.42. The Morgan fingerprint density at radius 1 is 1.11 bits per heavy atom. The third-order valence-electron chi connectivity index (χ3n) is 8.04. The van der Waals surface area contributed by atoms with Crippen molar-refractivity contribution >= 4 is 39.9 Å². The fourth-order valence-electron chi connectivity index (χ4n) is 6.46. The van der Waals surface area contributed by atoms with E-state index in [1.807, 2.05) is 31.2 Å². The van der Waals surface area contributed by atoms with Gasteiger partial charge in [0.25, 0.3) is 5.56 Å². The number of nitrogens with zero attached hydrogens (tertiary/aromatic N) is 2. The van der Waals surface area contributed by atoms with E-state index in [0.717, 1.165) is 0 Å². The standard InChI is InChI=1S/C27H22ClN3O4/c1-26-10-11-27(35-26,9-8-15-12-17(28)14-30-23(15)32)22-21(26)24(33)31(25(22)34)20-7-6-16(13-29)18-4-2-3-5-19(18)20/h2-7,12,14,21-22H,8-11H2,1H3,(H,30,32)/t21-,22+,26-,27+/m1/s1. The molecule has 0 saturated carbocycles. The molecule has 3 aliphatic heterocycles. The number of carbonyl (C=O) groups is 2. The Balaban J connectivity index is 1.40. The van der Waals surface area contributed by atoms with Crippen molar-refractivity contribution in [3.63, 3.8) is 0 Å². The Bertz CT molecular complexity index is 1520. The van der Waals surface area contributed by atoms with Crippen molar-refractivity contribution in [2.75, 3.05) is 4.90 Å². The predicted octanol–water partition coefficient (Wildman–Crippen LogP) is 4.11. The summed E-state index contributed by atoms with van der Waals surface area (Å²) in [5.74, 6) is -1.75. The van der Waals surface area contributed by atoms with Crippen molar-refractivity contribution in [1.82, 2.24) is 4.98 Å². The summed E-state index contributed by atoms with van der Waals surface area (Å²) in [6.07, 6.45) is 3.58. The van der Waals surface area contributed by atoms with Gasteiger partial charge >= 0.3 is 0 Å². The SMILES string of the molecule is C[C@]12CC[C@](CCc3cc(Cl)c[nH]c3=O)(O1)[C@@H]1C(=O)N(c3ccc(C#N)c4ccccc34)C(=O)[C@@H]12. The average Bonchev–Trinajstić information content (AvgIpc) is 3.43. The number of hydrogen-bond acceptors (Lipinski definition) is 5. The average molecular weight is 488 g/mol. The maximum absolute atomic E-state index is 13.9. The monoisotopic (exact) mass is 487 g/mol. The summed E-state index contributed by atoms with van der Waals surface area (Å²) in [6, 6.07) is 14.5. The first-order valence-electron chi connectivity index (χ1n) is 11.6. The maximum Gasteiger partial charge on any atom is 0.251 e. The molecule has 0 radical (unpaired) electrons. The minimum atomic E-state index is -0.821. The van der Waals surface area contributed by atoms with Crippen LogP contribution in [-0.2, 0) is 20.7 Å². The molecule has 0 spiro atoms. The number of fused-ring (bicyclic) bond motifs is 6. The summed E-state index contributed by atoms with van der Waals surface area (Å²) in [6.45, 7) is 1.91. The Labute approximate surface area is 206 Å². The molecule has 2 aromatic carbocycles. The number of benzene rings is 2. The number of anilines is 1. The number of pyridine rings is 1. The molecule has 4 atom stereocenters. The molecule has 3 aromatic rings. The first-order chi connectivity index (χ1) is 16.8. The molecule has 1 N–H and O–H groups in total. The van der Waals surface area contributed by atoms with Gasteiger partial charge in [0.05, 0.1) is 45.4 Å². The van der Waals surface area contributed by atoms with Crippen LogP contribution < -0.4 is 10.5 Å². The number of hydrogen-bond donors (Lipinski definition) is 1. The van der Waals surface area contributed by atoms with Crippen LogP contribution in [0.1, 0.15) is 37.3 Å². The first kappa shape index (κ1) is 22.0. The van der Waals surface area contributed by atoms with Crippen molar-refractivity contribution in [2.45, 2.75) is 43.8 Å². The smallest absolute Gasteiger partial charge is 0.251 e. The molecule has 0 unspecified atom stereocenters. The van der Waals surface area contributed by atoms with Crippen molar-refractivity contribution in [1.29, 1.82) is 5.26 Å². The predicted molar refractivity (Wildman–Crippen MR) is 130 cm³/mol. The third kappa shape index (κ3) is 3.03. The summed E-state index contributed by atoms with van der Waals surface area (Å²) < 4.78 is 6.50. The second kappa shape index (κ2) is 7.51. The van der Waals surface area contributed by atoms with E-state index in [2.05, 4.69) is 11.1 Å². The molecule has 3 saturated heterocycles. The number of rotatable bonds is 4. The van der Waals surface area contributed by atoms with Crippen LogP contribution in [0.5, 0.6) is 0 Å². The molecule has 2 amide bonds. The van der Waals surface area contributed by atoms with Crippen LogP contribution in [0.15, 0.2) is 53.5 Å². The van der Waals surface area contributed by atoms with E-state index >= 15 is 0 Å². The summed E-state index contributed by atoms with van der Waals surface area (Å²) in [5, 5.41) is 11.3. The Morgan fingerprint density at radius 3 is 2.63 bits per heavy atom. The zero-order chi connectivity index (χ0) is 24.5. The van der Waals surface area contributed by atoms with E-state index in [9.17, 15) is 19.6 Å². The van der Waals surface area contributed by atoms with Crippen molar-refractivity contribution in [2.24, 2.45) is 11.8 Å². The van der Waals surface area contributed by atoms with E-state index in [-0.39, 0.29) is 17.4 Å². The van der Waals surface area contributed by atoms with Gasteiger partial charge in [-0.1, -0.05) is 35.9 Å². The molecule has 3 aliphatic rings. The molecule has 0 aliphatic carbocycles. The lowest BCUT2D eigenvalue weighted by molar-refractivity contribution is -0.130. The summed E-state index contributed by atoms with van der Waals surface area (Å²) in [7, 11) is 0. The highest BCUT2D eigenvalue weighted by Gasteiger charge is 2.73. The molecule has 8 heteroatoms. The topological polar surface area (TPSA) is 103 Å². The zero-order valence-electron chi connectivity index (χ0n) is 19.0. The number of ether oxygens (including phenoxy) is 1. The number of aromatic amines is 1. The number of imide groups is 1. The van der Waals surface area contributed by atoms with Crippen LogP contribution in [0, 0.1) is 23.2 Å². The quantitative estimate of drug-likeness (QED) is 0.558. The number of aromatic nitrogens is 1. The van der Waals surface area contributed by atoms with Crippen LogP contribution in [0.25, 0.3) is 10.8 Å². The van der Waals surface area contributed by atoms with Gasteiger partial charge in [0.2, 0.25) is 11.8 Å². The highest BCUT2D eigenvalue weighted by Crippen LogP contribution is 2.62. The largest absolute Gasteiger partial charge is 0.367 e. The number of carbonyl (C=O) groups excluding carboxylic acids is 2. The Morgan fingerprint density at radius 2 is 1.86 bits per heavy atom. The fourth-order valence-corrected chi connectivity index (χ4v) is 6.64. The summed E-state index contributed by atoms with van der Waals surface area (Å²) >= 11 is 6.07. The number of nitrogens with one attached hydrogen (secondary N) is 1. The lowest BCUT2D eigenvalue weighted by Gasteiger charge is -2.31. The second-order valence-corrected chi connectivity index (χ2v) is 10.3. The molecule has 6 rings (SSSR count). The highest BCUT2D eigenvalue weighted by molar-refractivity contribution is 6.30. The van der Waals surface area contributed by atoms with Crippen LogP contribution >= 0.6 is 11.6 Å².